The first-order chi connectivity index (χ1) is 15.0. The Labute approximate surface area is 178 Å². The Morgan fingerprint density at radius 2 is 2.13 bits per heavy atom. The molecule has 1 fully saturated rings. The normalized spacial score (nSPS) is 16.8. The van der Waals surface area contributed by atoms with E-state index in [9.17, 15) is 18.7 Å². The van der Waals surface area contributed by atoms with E-state index in [4.69, 9.17) is 10.5 Å². The molecule has 1 saturated heterocycles. The van der Waals surface area contributed by atoms with E-state index >= 15 is 0 Å². The van der Waals surface area contributed by atoms with E-state index in [1.807, 2.05) is 0 Å². The molecule has 31 heavy (non-hydrogen) atoms. The van der Waals surface area contributed by atoms with Crippen LogP contribution >= 0.6 is 0 Å². The summed E-state index contributed by atoms with van der Waals surface area (Å²) >= 11 is 0. The van der Waals surface area contributed by atoms with E-state index in [2.05, 4.69) is 9.97 Å². The SMILES string of the molecule is FC1CCCOC1.Nc1nccc(-c2ccn(C(CO)c3cccc(F)c3)c(=O)c2)n1. The fourth-order valence-electron chi connectivity index (χ4n) is 3.21. The number of nitrogen functional groups attached to an aromatic ring is 1. The highest BCUT2D eigenvalue weighted by molar-refractivity contribution is 5.58. The van der Waals surface area contributed by atoms with E-state index in [-0.39, 0.29) is 18.1 Å². The molecule has 2 unspecified atom stereocenters. The summed E-state index contributed by atoms with van der Waals surface area (Å²) in [7, 11) is 0. The highest BCUT2D eigenvalue weighted by Gasteiger charge is 2.15. The van der Waals surface area contributed by atoms with Gasteiger partial charge in [-0.05, 0) is 42.7 Å². The molecule has 1 aromatic carbocycles. The number of hydrogen-bond donors (Lipinski definition) is 2. The third kappa shape index (κ3) is 6.16. The van der Waals surface area contributed by atoms with Crippen molar-refractivity contribution in [3.8, 4) is 11.3 Å². The number of aliphatic hydroxyl groups is 1. The third-order valence-corrected chi connectivity index (χ3v) is 4.77. The van der Waals surface area contributed by atoms with Crippen LogP contribution in [0.2, 0.25) is 0 Å². The molecule has 0 aliphatic carbocycles. The first-order valence-electron chi connectivity index (χ1n) is 9.87. The Morgan fingerprint density at radius 1 is 1.29 bits per heavy atom. The van der Waals surface area contributed by atoms with Gasteiger partial charge in [-0.2, -0.15) is 0 Å². The van der Waals surface area contributed by atoms with Crippen LogP contribution < -0.4 is 11.3 Å². The highest BCUT2D eigenvalue weighted by atomic mass is 19.1. The van der Waals surface area contributed by atoms with Gasteiger partial charge >= 0.3 is 0 Å². The van der Waals surface area contributed by atoms with Crippen LogP contribution in [0.15, 0.2) is 59.7 Å². The molecule has 0 radical (unpaired) electrons. The first-order valence-corrected chi connectivity index (χ1v) is 9.87. The molecule has 0 spiro atoms. The summed E-state index contributed by atoms with van der Waals surface area (Å²) < 4.78 is 31.6. The van der Waals surface area contributed by atoms with Crippen LogP contribution in [0.25, 0.3) is 11.3 Å². The van der Waals surface area contributed by atoms with Gasteiger partial charge in [0.25, 0.3) is 5.56 Å². The maximum Gasteiger partial charge on any atom is 0.251 e. The zero-order valence-electron chi connectivity index (χ0n) is 16.8. The molecule has 7 nitrogen and oxygen atoms in total. The lowest BCUT2D eigenvalue weighted by Gasteiger charge is -2.18. The van der Waals surface area contributed by atoms with Crippen LogP contribution in [0.1, 0.15) is 24.4 Å². The molecular weight excluding hydrogens is 406 g/mol. The van der Waals surface area contributed by atoms with Gasteiger partial charge in [0.15, 0.2) is 0 Å². The van der Waals surface area contributed by atoms with Crippen LogP contribution in [-0.2, 0) is 4.74 Å². The summed E-state index contributed by atoms with van der Waals surface area (Å²) in [5.41, 5.74) is 6.83. The fraction of sp³-hybridized carbons (Fsp3) is 0.318. The second-order valence-electron chi connectivity index (χ2n) is 7.03. The highest BCUT2D eigenvalue weighted by Crippen LogP contribution is 2.20. The van der Waals surface area contributed by atoms with E-state index in [0.29, 0.717) is 29.8 Å². The van der Waals surface area contributed by atoms with Crippen molar-refractivity contribution >= 4 is 5.95 Å². The van der Waals surface area contributed by atoms with Crippen molar-refractivity contribution in [2.45, 2.75) is 25.1 Å². The van der Waals surface area contributed by atoms with Gasteiger partial charge in [-0.1, -0.05) is 12.1 Å². The Bertz CT molecular complexity index is 1050. The second-order valence-corrected chi connectivity index (χ2v) is 7.03. The van der Waals surface area contributed by atoms with Crippen LogP contribution in [0.4, 0.5) is 14.7 Å². The molecular formula is C22H24F2N4O3. The molecule has 3 heterocycles. The molecule has 2 aromatic heterocycles. The minimum Gasteiger partial charge on any atom is -0.394 e. The number of nitrogens with zero attached hydrogens (tertiary/aromatic N) is 3. The van der Waals surface area contributed by atoms with Gasteiger partial charge in [-0.3, -0.25) is 4.79 Å². The average molecular weight is 430 g/mol. The number of ether oxygens (including phenoxy) is 1. The summed E-state index contributed by atoms with van der Waals surface area (Å²) in [4.78, 5) is 20.3. The van der Waals surface area contributed by atoms with Crippen molar-refractivity contribution in [3.63, 3.8) is 0 Å². The fourth-order valence-corrected chi connectivity index (χ4v) is 3.21. The summed E-state index contributed by atoms with van der Waals surface area (Å²) in [6.07, 6.45) is 3.95. The van der Waals surface area contributed by atoms with E-state index < -0.39 is 18.0 Å². The monoisotopic (exact) mass is 430 g/mol. The molecule has 164 valence electrons. The zero-order valence-corrected chi connectivity index (χ0v) is 16.8. The van der Waals surface area contributed by atoms with Gasteiger partial charge in [0.2, 0.25) is 5.95 Å². The number of pyridine rings is 1. The van der Waals surface area contributed by atoms with Gasteiger partial charge in [0.1, 0.15) is 12.0 Å². The first kappa shape index (κ1) is 22.5. The van der Waals surface area contributed by atoms with Crippen molar-refractivity contribution in [2.75, 3.05) is 25.6 Å². The number of rotatable bonds is 4. The molecule has 3 aromatic rings. The number of aromatic nitrogens is 3. The molecule has 9 heteroatoms. The predicted octanol–water partition coefficient (Wildman–Crippen LogP) is 2.74. The van der Waals surface area contributed by atoms with Crippen molar-refractivity contribution in [1.29, 1.82) is 0 Å². The van der Waals surface area contributed by atoms with E-state index in [1.54, 1.807) is 24.4 Å². The van der Waals surface area contributed by atoms with Gasteiger partial charge in [0, 0.05) is 30.6 Å². The number of benzene rings is 1. The van der Waals surface area contributed by atoms with Crippen LogP contribution in [0.3, 0.4) is 0 Å². The molecule has 1 aliphatic rings. The van der Waals surface area contributed by atoms with Crippen molar-refractivity contribution in [2.24, 2.45) is 0 Å². The Balaban J connectivity index is 0.000000330. The van der Waals surface area contributed by atoms with Gasteiger partial charge in [0.05, 0.1) is 24.9 Å². The summed E-state index contributed by atoms with van der Waals surface area (Å²) in [5.74, 6) is -0.309. The van der Waals surface area contributed by atoms with Crippen LogP contribution in [0.5, 0.6) is 0 Å². The molecule has 0 bridgehead atoms. The van der Waals surface area contributed by atoms with Crippen molar-refractivity contribution < 1.29 is 18.6 Å². The Kier molecular flexibility index (Phi) is 7.80. The standard InChI is InChI=1S/C17H15FN4O2.C5H9FO/c18-13-3-1-2-12(8-13)15(10-23)22-7-5-11(9-16(22)24)14-4-6-20-17(19)21-14;6-5-2-1-3-7-4-5/h1-9,15,23H,10H2,(H2,19,20,21);5H,1-4H2. The molecule has 3 N–H and O–H groups in total. The minimum atomic E-state index is -0.686. The summed E-state index contributed by atoms with van der Waals surface area (Å²) in [6, 6.07) is 9.86. The minimum absolute atomic E-state index is 0.115. The lowest BCUT2D eigenvalue weighted by molar-refractivity contribution is 0.0366. The third-order valence-electron chi connectivity index (χ3n) is 4.77. The Morgan fingerprint density at radius 3 is 2.71 bits per heavy atom. The van der Waals surface area contributed by atoms with Crippen LogP contribution in [-0.4, -0.2) is 45.6 Å². The molecule has 0 saturated carbocycles. The van der Waals surface area contributed by atoms with Gasteiger partial charge in [-0.15, -0.1) is 0 Å². The quantitative estimate of drug-likeness (QED) is 0.660. The molecule has 2 atom stereocenters. The van der Waals surface area contributed by atoms with Gasteiger partial charge in [-0.25, -0.2) is 18.7 Å². The number of halogens is 2. The van der Waals surface area contributed by atoms with Crippen LogP contribution in [0, 0.1) is 5.82 Å². The Hall–Kier alpha value is -3.17. The molecule has 1 aliphatic heterocycles. The maximum absolute atomic E-state index is 13.4. The lowest BCUT2D eigenvalue weighted by atomic mass is 10.1. The smallest absolute Gasteiger partial charge is 0.251 e. The summed E-state index contributed by atoms with van der Waals surface area (Å²) in [5, 5.41) is 9.65. The molecule has 4 rings (SSSR count). The number of hydrogen-bond acceptors (Lipinski definition) is 6. The zero-order chi connectivity index (χ0) is 22.2. The number of anilines is 1. The maximum atomic E-state index is 13.4. The van der Waals surface area contributed by atoms with Crippen molar-refractivity contribution in [1.82, 2.24) is 14.5 Å². The number of aliphatic hydroxyl groups excluding tert-OH is 1. The average Bonchev–Trinajstić information content (AvgIpc) is 2.76. The topological polar surface area (TPSA) is 103 Å². The van der Waals surface area contributed by atoms with Crippen molar-refractivity contribution in [3.05, 3.63) is 76.6 Å². The van der Waals surface area contributed by atoms with E-state index in [0.717, 1.165) is 13.0 Å². The second kappa shape index (κ2) is 10.7. The number of alkyl halides is 1. The summed E-state index contributed by atoms with van der Waals surface area (Å²) in [6.45, 7) is 0.740. The molecule has 0 amide bonds. The lowest BCUT2D eigenvalue weighted by Crippen LogP contribution is -2.27. The predicted molar refractivity (Wildman–Crippen MR) is 113 cm³/mol. The van der Waals surface area contributed by atoms with Gasteiger partial charge < -0.3 is 20.1 Å². The number of nitrogens with two attached hydrogens (primary N) is 1. The van der Waals surface area contributed by atoms with E-state index in [1.165, 1.54) is 35.0 Å². The largest absolute Gasteiger partial charge is 0.394 e.